The summed E-state index contributed by atoms with van der Waals surface area (Å²) < 4.78 is 0.526. The molecule has 0 atom stereocenters. The first-order chi connectivity index (χ1) is 6.32. The molecule has 0 aliphatic rings. The van der Waals surface area contributed by atoms with Gasteiger partial charge in [-0.25, -0.2) is 0 Å². The average molecular weight is 216 g/mol. The van der Waals surface area contributed by atoms with E-state index in [9.17, 15) is 10.1 Å². The van der Waals surface area contributed by atoms with Crippen molar-refractivity contribution in [2.24, 2.45) is 0 Å². The average Bonchev–Trinajstić information content (AvgIpc) is 2.02. The fourth-order valence-electron chi connectivity index (χ4n) is 1.06. The predicted molar refractivity (Wildman–Crippen MR) is 57.7 cm³/mol. The molecule has 5 heteroatoms. The van der Waals surface area contributed by atoms with E-state index in [0.717, 1.165) is 5.69 Å². The van der Waals surface area contributed by atoms with E-state index in [2.05, 4.69) is 0 Å². The molecule has 14 heavy (non-hydrogen) atoms. The Morgan fingerprint density at radius 3 is 2.36 bits per heavy atom. The van der Waals surface area contributed by atoms with Crippen LogP contribution in [-0.2, 0) is 0 Å². The van der Waals surface area contributed by atoms with Crippen molar-refractivity contribution in [1.82, 2.24) is 4.48 Å². The Hall–Kier alpha value is -1.13. The van der Waals surface area contributed by atoms with Gasteiger partial charge in [0.2, 0.25) is 0 Å². The van der Waals surface area contributed by atoms with Gasteiger partial charge in [0.25, 0.3) is 5.69 Å². The third-order valence-electron chi connectivity index (χ3n) is 1.90. The number of nitro benzene ring substituents is 1. The normalized spacial score (nSPS) is 11.4. The van der Waals surface area contributed by atoms with Crippen molar-refractivity contribution < 1.29 is 4.92 Å². The largest absolute Gasteiger partial charge is 0.298 e. The summed E-state index contributed by atoms with van der Waals surface area (Å²) in [5, 5.41) is 10.8. The Bertz CT molecular complexity index is 372. The van der Waals surface area contributed by atoms with Crippen LogP contribution in [-0.4, -0.2) is 26.1 Å². The molecule has 0 unspecified atom stereocenters. The van der Waals surface area contributed by atoms with Crippen LogP contribution in [0.25, 0.3) is 0 Å². The van der Waals surface area contributed by atoms with Gasteiger partial charge < -0.3 is 0 Å². The smallest absolute Gasteiger partial charge is 0.293 e. The summed E-state index contributed by atoms with van der Waals surface area (Å²) in [6.45, 7) is 0. The number of rotatable bonds is 2. The summed E-state index contributed by atoms with van der Waals surface area (Å²) in [6, 6.07) is 4.84. The molecule has 1 rings (SSSR count). The lowest BCUT2D eigenvalue weighted by atomic mass is 10.2. The van der Waals surface area contributed by atoms with Crippen molar-refractivity contribution in [3.8, 4) is 0 Å². The molecule has 0 aliphatic carbocycles. The standard InChI is InChI=1S/C9H12ClN2O2/c1-12(2,3)7-4-5-8(10)9(6-7)11(13)14/h4-6H,1-3H3/q+1. The van der Waals surface area contributed by atoms with E-state index < -0.39 is 4.92 Å². The minimum atomic E-state index is -0.471. The molecule has 0 aromatic heterocycles. The lowest BCUT2D eigenvalue weighted by Gasteiger charge is -2.22. The molecule has 0 saturated heterocycles. The van der Waals surface area contributed by atoms with Crippen molar-refractivity contribution in [3.05, 3.63) is 33.3 Å². The number of benzene rings is 1. The van der Waals surface area contributed by atoms with Crippen molar-refractivity contribution in [1.29, 1.82) is 0 Å². The molecule has 0 saturated carbocycles. The van der Waals surface area contributed by atoms with Crippen molar-refractivity contribution in [2.45, 2.75) is 0 Å². The lowest BCUT2D eigenvalue weighted by molar-refractivity contribution is -0.384. The molecule has 0 fully saturated rings. The maximum atomic E-state index is 10.6. The molecule has 0 radical (unpaired) electrons. The summed E-state index contributed by atoms with van der Waals surface area (Å²) >= 11 is 5.69. The SMILES string of the molecule is C[N+](C)(C)c1ccc(Cl)c([N+](=O)[O-])c1. The molecule has 0 bridgehead atoms. The minimum Gasteiger partial charge on any atom is -0.298 e. The Balaban J connectivity index is 3.27. The number of nitrogens with zero attached hydrogens (tertiary/aromatic N) is 2. The predicted octanol–water partition coefficient (Wildman–Crippen LogP) is 2.44. The Labute approximate surface area is 87.5 Å². The van der Waals surface area contributed by atoms with Crippen molar-refractivity contribution in [2.75, 3.05) is 21.1 Å². The second kappa shape index (κ2) is 3.55. The van der Waals surface area contributed by atoms with Crippen LogP contribution in [0.3, 0.4) is 0 Å². The molecule has 0 heterocycles. The van der Waals surface area contributed by atoms with Gasteiger partial charge in [0.05, 0.1) is 32.1 Å². The highest BCUT2D eigenvalue weighted by molar-refractivity contribution is 6.32. The zero-order valence-corrected chi connectivity index (χ0v) is 9.08. The summed E-state index contributed by atoms with van der Waals surface area (Å²) in [7, 11) is 5.81. The molecule has 1 aromatic carbocycles. The Morgan fingerprint density at radius 1 is 1.36 bits per heavy atom. The zero-order valence-electron chi connectivity index (χ0n) is 8.32. The number of nitro groups is 1. The number of quaternary nitrogens is 1. The number of hydrogen-bond donors (Lipinski definition) is 0. The molecule has 0 aliphatic heterocycles. The highest BCUT2D eigenvalue weighted by Crippen LogP contribution is 2.29. The Kier molecular flexibility index (Phi) is 2.78. The number of hydrogen-bond acceptors (Lipinski definition) is 2. The molecule has 76 valence electrons. The summed E-state index contributed by atoms with van der Waals surface area (Å²) in [5.41, 5.74) is 0.804. The van der Waals surface area contributed by atoms with Gasteiger partial charge in [0.1, 0.15) is 10.7 Å². The van der Waals surface area contributed by atoms with Gasteiger partial charge in [-0.2, -0.15) is 0 Å². The first-order valence-electron chi connectivity index (χ1n) is 4.08. The first kappa shape index (κ1) is 10.9. The molecular weight excluding hydrogens is 204 g/mol. The highest BCUT2D eigenvalue weighted by atomic mass is 35.5. The van der Waals surface area contributed by atoms with Crippen LogP contribution in [0.5, 0.6) is 0 Å². The van der Waals surface area contributed by atoms with Gasteiger partial charge in [0.15, 0.2) is 0 Å². The number of halogens is 1. The highest BCUT2D eigenvalue weighted by Gasteiger charge is 2.19. The van der Waals surface area contributed by atoms with Gasteiger partial charge in [-0.15, -0.1) is 0 Å². The van der Waals surface area contributed by atoms with Crippen molar-refractivity contribution in [3.63, 3.8) is 0 Å². The van der Waals surface area contributed by atoms with E-state index in [1.165, 1.54) is 6.07 Å². The topological polar surface area (TPSA) is 43.1 Å². The van der Waals surface area contributed by atoms with Crippen LogP contribution in [0.1, 0.15) is 0 Å². The molecule has 0 spiro atoms. The van der Waals surface area contributed by atoms with Gasteiger partial charge in [-0.05, 0) is 6.07 Å². The second-order valence-electron chi connectivity index (χ2n) is 3.91. The van der Waals surface area contributed by atoms with E-state index in [0.29, 0.717) is 4.48 Å². The van der Waals surface area contributed by atoms with E-state index in [1.54, 1.807) is 12.1 Å². The lowest BCUT2D eigenvalue weighted by Crippen LogP contribution is -2.34. The minimum absolute atomic E-state index is 0.0442. The molecule has 4 nitrogen and oxygen atoms in total. The fourth-order valence-corrected chi connectivity index (χ4v) is 1.24. The zero-order chi connectivity index (χ0) is 10.9. The van der Waals surface area contributed by atoms with E-state index in [-0.39, 0.29) is 10.7 Å². The van der Waals surface area contributed by atoms with Gasteiger partial charge in [0, 0.05) is 6.07 Å². The summed E-state index contributed by atoms with van der Waals surface area (Å²) in [5.74, 6) is 0. The maximum absolute atomic E-state index is 10.6. The van der Waals surface area contributed by atoms with Crippen LogP contribution in [0, 0.1) is 10.1 Å². The van der Waals surface area contributed by atoms with Gasteiger partial charge in [-0.1, -0.05) is 11.6 Å². The third kappa shape index (κ3) is 2.21. The maximum Gasteiger partial charge on any atom is 0.293 e. The monoisotopic (exact) mass is 215 g/mol. The summed E-state index contributed by atoms with van der Waals surface area (Å²) in [4.78, 5) is 10.1. The van der Waals surface area contributed by atoms with Crippen LogP contribution in [0.2, 0.25) is 5.02 Å². The van der Waals surface area contributed by atoms with Gasteiger partial charge >= 0.3 is 0 Å². The van der Waals surface area contributed by atoms with Crippen LogP contribution in [0.4, 0.5) is 11.4 Å². The molecule has 1 aromatic rings. The molecule has 0 N–H and O–H groups in total. The van der Waals surface area contributed by atoms with Crippen LogP contribution in [0.15, 0.2) is 18.2 Å². The fraction of sp³-hybridized carbons (Fsp3) is 0.333. The summed E-state index contributed by atoms with van der Waals surface area (Å²) in [6.07, 6.45) is 0. The van der Waals surface area contributed by atoms with E-state index >= 15 is 0 Å². The quantitative estimate of drug-likeness (QED) is 0.432. The Morgan fingerprint density at radius 2 is 1.93 bits per heavy atom. The van der Waals surface area contributed by atoms with Gasteiger partial charge in [-0.3, -0.25) is 14.6 Å². The molecule has 0 amide bonds. The first-order valence-corrected chi connectivity index (χ1v) is 4.46. The van der Waals surface area contributed by atoms with E-state index in [1.807, 2.05) is 21.1 Å². The van der Waals surface area contributed by atoms with Crippen LogP contribution >= 0.6 is 11.6 Å². The molecular formula is C9H12ClN2O2+. The third-order valence-corrected chi connectivity index (χ3v) is 2.22. The van der Waals surface area contributed by atoms with E-state index in [4.69, 9.17) is 11.6 Å². The van der Waals surface area contributed by atoms with Crippen LogP contribution < -0.4 is 4.48 Å². The van der Waals surface area contributed by atoms with Crippen molar-refractivity contribution >= 4 is 23.0 Å². The second-order valence-corrected chi connectivity index (χ2v) is 4.31.